The molecule has 0 aliphatic heterocycles. The van der Waals surface area contributed by atoms with Crippen molar-refractivity contribution in [3.8, 4) is 11.3 Å². The fourth-order valence-electron chi connectivity index (χ4n) is 2.34. The highest BCUT2D eigenvalue weighted by atomic mass is 16.5. The second-order valence-electron chi connectivity index (χ2n) is 5.23. The molecule has 3 rings (SSSR count). The summed E-state index contributed by atoms with van der Waals surface area (Å²) in [6.07, 6.45) is 4.56. The summed E-state index contributed by atoms with van der Waals surface area (Å²) in [6, 6.07) is 7.57. The SMILES string of the molecule is C[C@@H](NC(=O)c1ccccn1)c1onc(-c2cccnc2)c1C(=O)O. The summed E-state index contributed by atoms with van der Waals surface area (Å²) >= 11 is 0. The molecule has 1 amide bonds. The van der Waals surface area contributed by atoms with Crippen molar-refractivity contribution < 1.29 is 19.2 Å². The van der Waals surface area contributed by atoms with Crippen LogP contribution in [0, 0.1) is 0 Å². The van der Waals surface area contributed by atoms with E-state index in [2.05, 4.69) is 20.4 Å². The third-order valence-corrected chi connectivity index (χ3v) is 3.51. The van der Waals surface area contributed by atoms with E-state index >= 15 is 0 Å². The molecule has 0 aliphatic carbocycles. The molecule has 1 atom stereocenters. The monoisotopic (exact) mass is 338 g/mol. The number of carboxylic acid groups (broad SMARTS) is 1. The highest BCUT2D eigenvalue weighted by Crippen LogP contribution is 2.28. The summed E-state index contributed by atoms with van der Waals surface area (Å²) < 4.78 is 5.22. The second-order valence-corrected chi connectivity index (χ2v) is 5.23. The molecule has 3 aromatic rings. The second kappa shape index (κ2) is 6.91. The van der Waals surface area contributed by atoms with Crippen LogP contribution in [0.25, 0.3) is 11.3 Å². The quantitative estimate of drug-likeness (QED) is 0.733. The van der Waals surface area contributed by atoms with Gasteiger partial charge < -0.3 is 14.9 Å². The van der Waals surface area contributed by atoms with Crippen LogP contribution in [0.4, 0.5) is 0 Å². The number of carboxylic acids is 1. The number of carbonyl (C=O) groups is 2. The smallest absolute Gasteiger partial charge is 0.341 e. The number of amides is 1. The minimum Gasteiger partial charge on any atom is -0.477 e. The van der Waals surface area contributed by atoms with Gasteiger partial charge in [0.1, 0.15) is 17.0 Å². The number of hydrogen-bond donors (Lipinski definition) is 2. The van der Waals surface area contributed by atoms with Crippen LogP contribution in [-0.2, 0) is 0 Å². The summed E-state index contributed by atoms with van der Waals surface area (Å²) in [4.78, 5) is 31.8. The predicted molar refractivity (Wildman–Crippen MR) is 86.8 cm³/mol. The van der Waals surface area contributed by atoms with Gasteiger partial charge >= 0.3 is 5.97 Å². The molecule has 0 radical (unpaired) electrons. The summed E-state index contributed by atoms with van der Waals surface area (Å²) in [7, 11) is 0. The van der Waals surface area contributed by atoms with Crippen LogP contribution in [0.15, 0.2) is 53.4 Å². The molecule has 0 saturated heterocycles. The number of pyridine rings is 2. The number of aromatic nitrogens is 3. The van der Waals surface area contributed by atoms with Crippen LogP contribution in [0.5, 0.6) is 0 Å². The standard InChI is InChI=1S/C17H14N4O4/c1-10(20-16(22)12-6-2-3-8-19-12)15-13(17(23)24)14(21-25-15)11-5-4-7-18-9-11/h2-10H,1H3,(H,20,22)(H,23,24)/t10-/m1/s1. The van der Waals surface area contributed by atoms with Gasteiger partial charge in [0.05, 0.1) is 6.04 Å². The molecule has 0 saturated carbocycles. The van der Waals surface area contributed by atoms with E-state index in [1.54, 1.807) is 43.5 Å². The van der Waals surface area contributed by atoms with Crippen LogP contribution in [0.3, 0.4) is 0 Å². The minimum absolute atomic E-state index is 0.0515. The molecular formula is C17H14N4O4. The first-order valence-electron chi connectivity index (χ1n) is 7.43. The van der Waals surface area contributed by atoms with Crippen molar-refractivity contribution in [1.82, 2.24) is 20.4 Å². The zero-order valence-electron chi connectivity index (χ0n) is 13.2. The van der Waals surface area contributed by atoms with Gasteiger partial charge in [0.2, 0.25) is 0 Å². The number of nitrogens with one attached hydrogen (secondary N) is 1. The maximum Gasteiger partial charge on any atom is 0.341 e. The molecule has 3 aromatic heterocycles. The number of aromatic carboxylic acids is 1. The third-order valence-electron chi connectivity index (χ3n) is 3.51. The lowest BCUT2D eigenvalue weighted by atomic mass is 10.0. The third kappa shape index (κ3) is 3.37. The molecule has 0 spiro atoms. The maximum absolute atomic E-state index is 12.2. The van der Waals surface area contributed by atoms with Crippen molar-refractivity contribution in [2.75, 3.05) is 0 Å². The zero-order valence-corrected chi connectivity index (χ0v) is 13.2. The Labute approximate surface area is 142 Å². The lowest BCUT2D eigenvalue weighted by Crippen LogP contribution is -2.28. The normalized spacial score (nSPS) is 11.7. The largest absolute Gasteiger partial charge is 0.477 e. The van der Waals surface area contributed by atoms with Gasteiger partial charge in [-0.2, -0.15) is 0 Å². The molecule has 0 aliphatic rings. The average molecular weight is 338 g/mol. The Morgan fingerprint density at radius 3 is 2.68 bits per heavy atom. The van der Waals surface area contributed by atoms with Crippen molar-refractivity contribution in [1.29, 1.82) is 0 Å². The van der Waals surface area contributed by atoms with Gasteiger partial charge in [-0.25, -0.2) is 4.79 Å². The zero-order chi connectivity index (χ0) is 17.8. The molecule has 0 aromatic carbocycles. The van der Waals surface area contributed by atoms with E-state index in [-0.39, 0.29) is 22.7 Å². The summed E-state index contributed by atoms with van der Waals surface area (Å²) in [5, 5.41) is 16.1. The van der Waals surface area contributed by atoms with Crippen LogP contribution in [0.2, 0.25) is 0 Å². The fraction of sp³-hybridized carbons (Fsp3) is 0.118. The lowest BCUT2D eigenvalue weighted by molar-refractivity contribution is 0.0692. The van der Waals surface area contributed by atoms with Crippen molar-refractivity contribution in [2.24, 2.45) is 0 Å². The van der Waals surface area contributed by atoms with Crippen molar-refractivity contribution in [3.05, 3.63) is 65.9 Å². The van der Waals surface area contributed by atoms with Crippen LogP contribution in [0.1, 0.15) is 39.6 Å². The first kappa shape index (κ1) is 16.3. The minimum atomic E-state index is -1.20. The van der Waals surface area contributed by atoms with Gasteiger partial charge in [-0.15, -0.1) is 0 Å². The Hall–Kier alpha value is -3.55. The number of hydrogen-bond acceptors (Lipinski definition) is 6. The summed E-state index contributed by atoms with van der Waals surface area (Å²) in [6.45, 7) is 1.61. The van der Waals surface area contributed by atoms with Crippen molar-refractivity contribution in [2.45, 2.75) is 13.0 Å². The molecule has 25 heavy (non-hydrogen) atoms. The van der Waals surface area contributed by atoms with Crippen molar-refractivity contribution in [3.63, 3.8) is 0 Å². The van der Waals surface area contributed by atoms with E-state index in [4.69, 9.17) is 4.52 Å². The Balaban J connectivity index is 1.91. The summed E-state index contributed by atoms with van der Waals surface area (Å²) in [5.41, 5.74) is 0.785. The van der Waals surface area contributed by atoms with Crippen LogP contribution < -0.4 is 5.32 Å². The first-order valence-corrected chi connectivity index (χ1v) is 7.43. The molecular weight excluding hydrogens is 324 g/mol. The number of rotatable bonds is 5. The van der Waals surface area contributed by atoms with E-state index in [0.717, 1.165) is 0 Å². The van der Waals surface area contributed by atoms with Gasteiger partial charge in [0.25, 0.3) is 5.91 Å². The lowest BCUT2D eigenvalue weighted by Gasteiger charge is -2.11. The van der Waals surface area contributed by atoms with Gasteiger partial charge in [-0.05, 0) is 31.2 Å². The number of carbonyl (C=O) groups excluding carboxylic acids is 1. The predicted octanol–water partition coefficient (Wildman–Crippen LogP) is 2.32. The van der Waals surface area contributed by atoms with E-state index in [9.17, 15) is 14.7 Å². The van der Waals surface area contributed by atoms with Crippen LogP contribution >= 0.6 is 0 Å². The van der Waals surface area contributed by atoms with Gasteiger partial charge in [-0.3, -0.25) is 14.8 Å². The van der Waals surface area contributed by atoms with Gasteiger partial charge in [0, 0.05) is 24.2 Å². The Bertz CT molecular complexity index is 894. The molecule has 0 bridgehead atoms. The molecule has 3 heterocycles. The molecule has 8 heteroatoms. The topological polar surface area (TPSA) is 118 Å². The molecule has 0 unspecified atom stereocenters. The molecule has 8 nitrogen and oxygen atoms in total. The molecule has 0 fully saturated rings. The molecule has 2 N–H and O–H groups in total. The fourth-order valence-corrected chi connectivity index (χ4v) is 2.34. The first-order chi connectivity index (χ1) is 12.1. The highest BCUT2D eigenvalue weighted by Gasteiger charge is 2.28. The Kier molecular flexibility index (Phi) is 4.51. The maximum atomic E-state index is 12.2. The van der Waals surface area contributed by atoms with Crippen molar-refractivity contribution >= 4 is 11.9 Å². The summed E-state index contributed by atoms with van der Waals surface area (Å²) in [5.74, 6) is -1.59. The van der Waals surface area contributed by atoms with E-state index in [1.165, 1.54) is 12.4 Å². The molecule has 126 valence electrons. The number of nitrogens with zero attached hydrogens (tertiary/aromatic N) is 3. The van der Waals surface area contributed by atoms with Gasteiger partial charge in [-0.1, -0.05) is 11.2 Å². The highest BCUT2D eigenvalue weighted by molar-refractivity contribution is 5.96. The van der Waals surface area contributed by atoms with E-state index in [1.807, 2.05) is 0 Å². The van der Waals surface area contributed by atoms with E-state index in [0.29, 0.717) is 5.56 Å². The average Bonchev–Trinajstić information content (AvgIpc) is 3.08. The Morgan fingerprint density at radius 2 is 2.04 bits per heavy atom. The van der Waals surface area contributed by atoms with Gasteiger partial charge in [0.15, 0.2) is 5.76 Å². The Morgan fingerprint density at radius 1 is 1.20 bits per heavy atom. The van der Waals surface area contributed by atoms with Crippen LogP contribution in [-0.4, -0.2) is 32.1 Å². The van der Waals surface area contributed by atoms with E-state index < -0.39 is 17.9 Å².